The lowest BCUT2D eigenvalue weighted by molar-refractivity contribution is 0.424. The van der Waals surface area contributed by atoms with E-state index in [0.717, 1.165) is 73.5 Å². The Hall–Kier alpha value is -3.23. The summed E-state index contributed by atoms with van der Waals surface area (Å²) < 4.78 is 5.58. The molecule has 3 aromatic rings. The van der Waals surface area contributed by atoms with Crippen LogP contribution >= 0.6 is 0 Å². The minimum Gasteiger partial charge on any atom is -0.384 e. The second-order valence-corrected chi connectivity index (χ2v) is 8.46. The molecule has 9 nitrogen and oxygen atoms in total. The first kappa shape index (κ1) is 19.7. The molecule has 3 aromatic heterocycles. The largest absolute Gasteiger partial charge is 0.384 e. The molecule has 0 radical (unpaired) electrons. The Morgan fingerprint density at radius 2 is 1.74 bits per heavy atom. The number of hydrogen-bond donors (Lipinski definition) is 1. The van der Waals surface area contributed by atoms with Crippen molar-refractivity contribution in [1.29, 1.82) is 0 Å². The van der Waals surface area contributed by atoms with Crippen LogP contribution in [-0.4, -0.2) is 51.3 Å². The zero-order valence-corrected chi connectivity index (χ0v) is 18.1. The van der Waals surface area contributed by atoms with Gasteiger partial charge < -0.3 is 20.1 Å². The molecule has 0 saturated carbocycles. The fourth-order valence-electron chi connectivity index (χ4n) is 4.56. The van der Waals surface area contributed by atoms with Crippen LogP contribution < -0.4 is 15.5 Å². The molecule has 5 heterocycles. The average Bonchev–Trinajstić information content (AvgIpc) is 3.45. The highest BCUT2D eigenvalue weighted by Crippen LogP contribution is 2.36. The van der Waals surface area contributed by atoms with E-state index in [1.54, 1.807) is 0 Å². The number of nitrogen functional groups attached to an aromatic ring is 1. The molecule has 162 valence electrons. The molecule has 0 spiro atoms. The number of piperidine rings is 1. The fourth-order valence-corrected chi connectivity index (χ4v) is 4.56. The fraction of sp³-hybridized carbons (Fsp3) is 0.500. The van der Waals surface area contributed by atoms with E-state index in [4.69, 9.17) is 15.2 Å². The Balaban J connectivity index is 1.42. The molecular weight excluding hydrogens is 392 g/mol. The van der Waals surface area contributed by atoms with Crippen molar-refractivity contribution in [3.8, 4) is 11.3 Å². The van der Waals surface area contributed by atoms with Crippen molar-refractivity contribution in [1.82, 2.24) is 25.1 Å². The Kier molecular flexibility index (Phi) is 5.17. The number of aryl methyl sites for hydroxylation is 2. The molecule has 0 aromatic carbocycles. The van der Waals surface area contributed by atoms with E-state index in [2.05, 4.69) is 29.9 Å². The Bertz CT molecular complexity index is 1050. The molecule has 5 rings (SSSR count). The van der Waals surface area contributed by atoms with Crippen LogP contribution in [0.2, 0.25) is 0 Å². The summed E-state index contributed by atoms with van der Waals surface area (Å²) in [6.45, 7) is 7.62. The summed E-state index contributed by atoms with van der Waals surface area (Å²) in [6, 6.07) is 3.81. The molecular formula is C22H28N8O. The molecule has 0 amide bonds. The summed E-state index contributed by atoms with van der Waals surface area (Å²) in [5.74, 6) is 4.00. The van der Waals surface area contributed by atoms with Crippen LogP contribution in [0.15, 0.2) is 22.9 Å². The average molecular weight is 421 g/mol. The van der Waals surface area contributed by atoms with Crippen LogP contribution in [0, 0.1) is 13.8 Å². The molecule has 0 atom stereocenters. The zero-order valence-electron chi connectivity index (χ0n) is 18.1. The lowest BCUT2D eigenvalue weighted by Gasteiger charge is -2.33. The first-order valence-electron chi connectivity index (χ1n) is 11.0. The summed E-state index contributed by atoms with van der Waals surface area (Å²) in [6.07, 6.45) is 6.25. The first-order chi connectivity index (χ1) is 15.1. The highest BCUT2D eigenvalue weighted by Gasteiger charge is 2.28. The third-order valence-corrected chi connectivity index (χ3v) is 6.14. The van der Waals surface area contributed by atoms with Gasteiger partial charge in [0.25, 0.3) is 0 Å². The third-order valence-electron chi connectivity index (χ3n) is 6.14. The summed E-state index contributed by atoms with van der Waals surface area (Å²) >= 11 is 0. The summed E-state index contributed by atoms with van der Waals surface area (Å²) in [5, 5.41) is 4.07. The predicted molar refractivity (Wildman–Crippen MR) is 119 cm³/mol. The lowest BCUT2D eigenvalue weighted by Crippen LogP contribution is -2.34. The van der Waals surface area contributed by atoms with Crippen LogP contribution in [0.1, 0.15) is 48.8 Å². The smallest absolute Gasteiger partial charge is 0.225 e. The number of rotatable bonds is 4. The highest BCUT2D eigenvalue weighted by molar-refractivity contribution is 5.62. The van der Waals surface area contributed by atoms with E-state index >= 15 is 0 Å². The van der Waals surface area contributed by atoms with Gasteiger partial charge in [-0.2, -0.15) is 0 Å². The van der Waals surface area contributed by atoms with Crippen LogP contribution in [0.5, 0.6) is 0 Å². The van der Waals surface area contributed by atoms with Gasteiger partial charge >= 0.3 is 0 Å². The Morgan fingerprint density at radius 3 is 2.42 bits per heavy atom. The minimum absolute atomic E-state index is 0.321. The van der Waals surface area contributed by atoms with Gasteiger partial charge in [0.2, 0.25) is 5.95 Å². The van der Waals surface area contributed by atoms with Gasteiger partial charge in [0.05, 0.1) is 17.0 Å². The molecule has 31 heavy (non-hydrogen) atoms. The minimum atomic E-state index is 0.321. The van der Waals surface area contributed by atoms with E-state index in [1.165, 1.54) is 12.8 Å². The van der Waals surface area contributed by atoms with Gasteiger partial charge in [0.1, 0.15) is 17.5 Å². The summed E-state index contributed by atoms with van der Waals surface area (Å²) in [4.78, 5) is 23.0. The van der Waals surface area contributed by atoms with Crippen molar-refractivity contribution in [3.63, 3.8) is 0 Å². The topological polar surface area (TPSA) is 110 Å². The van der Waals surface area contributed by atoms with Gasteiger partial charge in [-0.05, 0) is 39.5 Å². The molecule has 0 unspecified atom stereocenters. The SMILES string of the molecule is Cc1cc(-c2cnc(N3CCCC3)nc2C2CCN(c3cc(N)nc(C)n3)CC2)on1. The van der Waals surface area contributed by atoms with E-state index in [-0.39, 0.29) is 0 Å². The molecule has 9 heteroatoms. The van der Waals surface area contributed by atoms with Crippen molar-refractivity contribution in [2.75, 3.05) is 41.7 Å². The Labute approximate surface area is 181 Å². The van der Waals surface area contributed by atoms with Crippen molar-refractivity contribution >= 4 is 17.6 Å². The third kappa shape index (κ3) is 4.04. The quantitative estimate of drug-likeness (QED) is 0.680. The van der Waals surface area contributed by atoms with Crippen molar-refractivity contribution in [2.45, 2.75) is 45.4 Å². The number of nitrogens with zero attached hydrogens (tertiary/aromatic N) is 7. The molecule has 0 bridgehead atoms. The van der Waals surface area contributed by atoms with E-state index in [9.17, 15) is 0 Å². The maximum atomic E-state index is 5.93. The Morgan fingerprint density at radius 1 is 0.968 bits per heavy atom. The van der Waals surface area contributed by atoms with Crippen molar-refractivity contribution < 1.29 is 4.52 Å². The maximum Gasteiger partial charge on any atom is 0.225 e. The van der Waals surface area contributed by atoms with Crippen LogP contribution in [0.25, 0.3) is 11.3 Å². The van der Waals surface area contributed by atoms with Crippen LogP contribution in [0.4, 0.5) is 17.6 Å². The molecule has 0 aliphatic carbocycles. The van der Waals surface area contributed by atoms with Gasteiger partial charge in [-0.25, -0.2) is 19.9 Å². The van der Waals surface area contributed by atoms with Gasteiger partial charge in [-0.15, -0.1) is 0 Å². The highest BCUT2D eigenvalue weighted by atomic mass is 16.5. The van der Waals surface area contributed by atoms with Gasteiger partial charge in [0.15, 0.2) is 5.76 Å². The summed E-state index contributed by atoms with van der Waals surface area (Å²) in [7, 11) is 0. The van der Waals surface area contributed by atoms with Crippen molar-refractivity contribution in [2.24, 2.45) is 0 Å². The second kappa shape index (κ2) is 8.13. The van der Waals surface area contributed by atoms with Gasteiger partial charge in [0, 0.05) is 50.4 Å². The second-order valence-electron chi connectivity index (χ2n) is 8.46. The number of aromatic nitrogens is 5. The van der Waals surface area contributed by atoms with E-state index in [0.29, 0.717) is 17.6 Å². The number of hydrogen-bond acceptors (Lipinski definition) is 9. The molecule has 2 aliphatic heterocycles. The zero-order chi connectivity index (χ0) is 21.4. The molecule has 2 aliphatic rings. The first-order valence-corrected chi connectivity index (χ1v) is 11.0. The molecule has 2 fully saturated rings. The monoisotopic (exact) mass is 420 g/mol. The van der Waals surface area contributed by atoms with Gasteiger partial charge in [-0.3, -0.25) is 0 Å². The van der Waals surface area contributed by atoms with Crippen LogP contribution in [-0.2, 0) is 0 Å². The lowest BCUT2D eigenvalue weighted by atomic mass is 9.90. The normalized spacial score (nSPS) is 17.5. The molecule has 2 N–H and O–H groups in total. The van der Waals surface area contributed by atoms with Crippen molar-refractivity contribution in [3.05, 3.63) is 35.5 Å². The molecule has 2 saturated heterocycles. The standard InChI is InChI=1S/C22H28N8O/c1-14-11-18(31-28-14)17-13-24-22(30-7-3-4-8-30)27-21(17)16-5-9-29(10-6-16)20-12-19(23)25-15(2)26-20/h11-13,16H,3-10H2,1-2H3,(H2,23,25,26). The summed E-state index contributed by atoms with van der Waals surface area (Å²) in [5.41, 5.74) is 8.80. The van der Waals surface area contributed by atoms with E-state index in [1.807, 2.05) is 32.2 Å². The number of anilines is 3. The van der Waals surface area contributed by atoms with Crippen LogP contribution in [0.3, 0.4) is 0 Å². The van der Waals surface area contributed by atoms with E-state index < -0.39 is 0 Å². The number of nitrogens with two attached hydrogens (primary N) is 1. The predicted octanol–water partition coefficient (Wildman–Crippen LogP) is 3.10. The maximum absolute atomic E-state index is 5.93. The van der Waals surface area contributed by atoms with Gasteiger partial charge in [-0.1, -0.05) is 5.16 Å².